The Labute approximate surface area is 176 Å². The maximum atomic E-state index is 12.4. The molecule has 2 aliphatic heterocycles. The number of aryl methyl sites for hydroxylation is 1. The van der Waals surface area contributed by atoms with Crippen molar-refractivity contribution in [2.75, 3.05) is 30.5 Å². The van der Waals surface area contributed by atoms with Crippen molar-refractivity contribution in [2.45, 2.75) is 38.5 Å². The molecule has 1 saturated heterocycles. The number of benzene rings is 2. The maximum absolute atomic E-state index is 12.4. The fourth-order valence-electron chi connectivity index (χ4n) is 3.69. The Morgan fingerprint density at radius 2 is 1.50 bits per heavy atom. The first-order valence-corrected chi connectivity index (χ1v) is 10.5. The van der Waals surface area contributed by atoms with Crippen LogP contribution in [0.25, 0.3) is 0 Å². The summed E-state index contributed by atoms with van der Waals surface area (Å²) in [4.78, 5) is 26.6. The van der Waals surface area contributed by atoms with Crippen LogP contribution < -0.4 is 20.1 Å². The summed E-state index contributed by atoms with van der Waals surface area (Å²) in [5, 5.41) is 5.84. The Morgan fingerprint density at radius 3 is 2.23 bits per heavy atom. The lowest BCUT2D eigenvalue weighted by molar-refractivity contribution is -0.116. The summed E-state index contributed by atoms with van der Waals surface area (Å²) < 4.78 is 10.7. The zero-order valence-corrected chi connectivity index (χ0v) is 17.0. The van der Waals surface area contributed by atoms with Gasteiger partial charge in [-0.1, -0.05) is 18.9 Å². The van der Waals surface area contributed by atoms with Crippen molar-refractivity contribution in [3.8, 4) is 11.5 Å². The van der Waals surface area contributed by atoms with E-state index >= 15 is 0 Å². The molecular weight excluding hydrogens is 382 g/mol. The Morgan fingerprint density at radius 1 is 0.833 bits per heavy atom. The van der Waals surface area contributed by atoms with Gasteiger partial charge in [0, 0.05) is 30.9 Å². The van der Waals surface area contributed by atoms with E-state index < -0.39 is 0 Å². The van der Waals surface area contributed by atoms with E-state index in [-0.39, 0.29) is 18.7 Å². The topological polar surface area (TPSA) is 79.9 Å². The van der Waals surface area contributed by atoms with Gasteiger partial charge in [0.05, 0.1) is 0 Å². The molecule has 0 saturated carbocycles. The third kappa shape index (κ3) is 5.23. The standard InChI is InChI=1S/C23H27N3O4/c27-22(12-6-17-5-11-20-21(15-17)30-16-29-20)24-18-7-9-19(10-8-18)25-23(28)26-13-3-1-2-4-14-26/h5,7-11,15H,1-4,6,12-14,16H2,(H,24,27)(H,25,28). The molecule has 0 unspecified atom stereocenters. The minimum atomic E-state index is -0.0611. The number of carbonyl (C=O) groups excluding carboxylic acids is 2. The van der Waals surface area contributed by atoms with Crippen LogP contribution in [-0.2, 0) is 11.2 Å². The first-order valence-electron chi connectivity index (χ1n) is 10.5. The summed E-state index contributed by atoms with van der Waals surface area (Å²) in [7, 11) is 0. The van der Waals surface area contributed by atoms with Crippen molar-refractivity contribution in [3.05, 3.63) is 48.0 Å². The second-order valence-corrected chi connectivity index (χ2v) is 7.64. The van der Waals surface area contributed by atoms with Gasteiger partial charge in [0.25, 0.3) is 0 Å². The van der Waals surface area contributed by atoms with E-state index in [2.05, 4.69) is 10.6 Å². The molecule has 158 valence electrons. The van der Waals surface area contributed by atoms with Crippen LogP contribution in [0, 0.1) is 0 Å². The Bertz CT molecular complexity index is 890. The van der Waals surface area contributed by atoms with E-state index in [0.717, 1.165) is 48.7 Å². The van der Waals surface area contributed by atoms with Gasteiger partial charge in [0.15, 0.2) is 11.5 Å². The quantitative estimate of drug-likeness (QED) is 0.767. The zero-order valence-electron chi connectivity index (χ0n) is 17.0. The number of anilines is 2. The smallest absolute Gasteiger partial charge is 0.321 e. The predicted octanol–water partition coefficient (Wildman–Crippen LogP) is 4.39. The van der Waals surface area contributed by atoms with Gasteiger partial charge < -0.3 is 25.0 Å². The van der Waals surface area contributed by atoms with Gasteiger partial charge in [-0.05, 0) is 61.2 Å². The fraction of sp³-hybridized carbons (Fsp3) is 0.391. The third-order valence-electron chi connectivity index (χ3n) is 5.39. The minimum absolute atomic E-state index is 0.0580. The van der Waals surface area contributed by atoms with Crippen LogP contribution in [0.15, 0.2) is 42.5 Å². The number of likely N-dealkylation sites (tertiary alicyclic amines) is 1. The van der Waals surface area contributed by atoms with Crippen molar-refractivity contribution in [1.29, 1.82) is 0 Å². The van der Waals surface area contributed by atoms with E-state index in [1.54, 1.807) is 12.1 Å². The number of nitrogens with one attached hydrogen (secondary N) is 2. The highest BCUT2D eigenvalue weighted by molar-refractivity contribution is 5.92. The number of urea groups is 1. The normalized spacial score (nSPS) is 15.4. The number of amides is 3. The van der Waals surface area contributed by atoms with E-state index in [1.165, 1.54) is 12.8 Å². The second kappa shape index (κ2) is 9.52. The third-order valence-corrected chi connectivity index (χ3v) is 5.39. The number of carbonyl (C=O) groups is 2. The summed E-state index contributed by atoms with van der Waals surface area (Å²) >= 11 is 0. The minimum Gasteiger partial charge on any atom is -0.454 e. The molecule has 0 aromatic heterocycles. The zero-order chi connectivity index (χ0) is 20.8. The van der Waals surface area contributed by atoms with E-state index in [1.807, 2.05) is 35.2 Å². The molecule has 7 nitrogen and oxygen atoms in total. The molecule has 1 fully saturated rings. The Hall–Kier alpha value is -3.22. The van der Waals surface area contributed by atoms with Gasteiger partial charge in [0.1, 0.15) is 0 Å². The molecule has 2 aromatic rings. The summed E-state index contributed by atoms with van der Waals surface area (Å²) in [6.07, 6.45) is 5.48. The number of nitrogens with zero attached hydrogens (tertiary/aromatic N) is 1. The molecule has 0 atom stereocenters. The Balaban J connectivity index is 1.24. The SMILES string of the molecule is O=C(CCc1ccc2c(c1)OCO2)Nc1ccc(NC(=O)N2CCCCCC2)cc1. The number of rotatable bonds is 5. The molecule has 0 radical (unpaired) electrons. The summed E-state index contributed by atoms with van der Waals surface area (Å²) in [5.41, 5.74) is 2.46. The van der Waals surface area contributed by atoms with E-state index in [4.69, 9.17) is 9.47 Å². The monoisotopic (exact) mass is 409 g/mol. The van der Waals surface area contributed by atoms with Crippen molar-refractivity contribution in [2.24, 2.45) is 0 Å². The van der Waals surface area contributed by atoms with Crippen LogP contribution in [0.5, 0.6) is 11.5 Å². The summed E-state index contributed by atoms with van der Waals surface area (Å²) in [6.45, 7) is 1.86. The predicted molar refractivity (Wildman–Crippen MR) is 115 cm³/mol. The lowest BCUT2D eigenvalue weighted by atomic mass is 10.1. The second-order valence-electron chi connectivity index (χ2n) is 7.64. The van der Waals surface area contributed by atoms with Crippen LogP contribution in [-0.4, -0.2) is 36.7 Å². The van der Waals surface area contributed by atoms with Crippen molar-refractivity contribution in [1.82, 2.24) is 4.90 Å². The van der Waals surface area contributed by atoms with Crippen molar-refractivity contribution >= 4 is 23.3 Å². The average molecular weight is 409 g/mol. The molecule has 2 aliphatic rings. The van der Waals surface area contributed by atoms with Gasteiger partial charge in [-0.25, -0.2) is 4.79 Å². The highest BCUT2D eigenvalue weighted by Crippen LogP contribution is 2.32. The number of hydrogen-bond acceptors (Lipinski definition) is 4. The van der Waals surface area contributed by atoms with Crippen LogP contribution in [0.4, 0.5) is 16.2 Å². The lowest BCUT2D eigenvalue weighted by Gasteiger charge is -2.20. The van der Waals surface area contributed by atoms with E-state index in [9.17, 15) is 9.59 Å². The molecule has 3 amide bonds. The van der Waals surface area contributed by atoms with Crippen LogP contribution in [0.2, 0.25) is 0 Å². The van der Waals surface area contributed by atoms with Crippen molar-refractivity contribution in [3.63, 3.8) is 0 Å². The molecule has 0 bridgehead atoms. The van der Waals surface area contributed by atoms with E-state index in [0.29, 0.717) is 18.5 Å². The fourth-order valence-corrected chi connectivity index (χ4v) is 3.69. The molecule has 0 spiro atoms. The summed E-state index contributed by atoms with van der Waals surface area (Å²) in [5.74, 6) is 1.41. The molecular formula is C23H27N3O4. The number of fused-ring (bicyclic) bond motifs is 1. The number of hydrogen-bond donors (Lipinski definition) is 2. The molecule has 0 aliphatic carbocycles. The molecule has 2 aromatic carbocycles. The number of ether oxygens (including phenoxy) is 2. The summed E-state index contributed by atoms with van der Waals surface area (Å²) in [6, 6.07) is 12.9. The first-order chi connectivity index (χ1) is 14.7. The largest absolute Gasteiger partial charge is 0.454 e. The van der Waals surface area contributed by atoms with Gasteiger partial charge in [-0.15, -0.1) is 0 Å². The molecule has 30 heavy (non-hydrogen) atoms. The Kier molecular flexibility index (Phi) is 6.37. The maximum Gasteiger partial charge on any atom is 0.321 e. The van der Waals surface area contributed by atoms with Crippen LogP contribution >= 0.6 is 0 Å². The van der Waals surface area contributed by atoms with Crippen LogP contribution in [0.3, 0.4) is 0 Å². The van der Waals surface area contributed by atoms with Crippen LogP contribution in [0.1, 0.15) is 37.7 Å². The highest BCUT2D eigenvalue weighted by Gasteiger charge is 2.16. The average Bonchev–Trinajstić information content (AvgIpc) is 3.05. The molecule has 2 N–H and O–H groups in total. The van der Waals surface area contributed by atoms with Gasteiger partial charge >= 0.3 is 6.03 Å². The van der Waals surface area contributed by atoms with Gasteiger partial charge in [0.2, 0.25) is 12.7 Å². The molecule has 7 heteroatoms. The van der Waals surface area contributed by atoms with Gasteiger partial charge in [-0.3, -0.25) is 4.79 Å². The molecule has 2 heterocycles. The lowest BCUT2D eigenvalue weighted by Crippen LogP contribution is -2.35. The van der Waals surface area contributed by atoms with Gasteiger partial charge in [-0.2, -0.15) is 0 Å². The highest BCUT2D eigenvalue weighted by atomic mass is 16.7. The molecule has 4 rings (SSSR count). The van der Waals surface area contributed by atoms with Crippen molar-refractivity contribution < 1.29 is 19.1 Å². The first kappa shape index (κ1) is 20.1.